The smallest absolute Gasteiger partial charge is 0.206 e. The third-order valence-corrected chi connectivity index (χ3v) is 5.59. The molecular formula is C23H34N8. The molecule has 0 fully saturated rings. The number of pyridine rings is 1. The molecule has 1 aromatic carbocycles. The van der Waals surface area contributed by atoms with Crippen molar-refractivity contribution in [1.29, 1.82) is 5.41 Å². The molecule has 2 aromatic rings. The van der Waals surface area contributed by atoms with Crippen molar-refractivity contribution < 1.29 is 0 Å². The number of hydrogen-bond donors (Lipinski definition) is 5. The number of anilines is 2. The fraction of sp³-hybridized carbons (Fsp3) is 0.435. The number of nitrogens with two attached hydrogens (primary N) is 2. The minimum absolute atomic E-state index is 0.141. The summed E-state index contributed by atoms with van der Waals surface area (Å²) in [5.74, 6) is -0.141. The van der Waals surface area contributed by atoms with Crippen LogP contribution in [-0.4, -0.2) is 41.7 Å². The lowest BCUT2D eigenvalue weighted by molar-refractivity contribution is 0.178. The van der Waals surface area contributed by atoms with Gasteiger partial charge in [0.2, 0.25) is 5.96 Å². The Morgan fingerprint density at radius 3 is 2.94 bits per heavy atom. The van der Waals surface area contributed by atoms with E-state index < -0.39 is 0 Å². The molecule has 0 radical (unpaired) electrons. The number of aryl methyl sites for hydroxylation is 1. The summed E-state index contributed by atoms with van der Waals surface area (Å²) in [5.41, 5.74) is 18.1. The number of benzene rings is 1. The number of hydrazone groups is 1. The highest BCUT2D eigenvalue weighted by molar-refractivity contribution is 5.75. The van der Waals surface area contributed by atoms with E-state index in [1.54, 1.807) is 6.21 Å². The fourth-order valence-corrected chi connectivity index (χ4v) is 4.09. The van der Waals surface area contributed by atoms with Crippen LogP contribution in [0.1, 0.15) is 49.4 Å². The van der Waals surface area contributed by atoms with Gasteiger partial charge in [0.05, 0.1) is 23.1 Å². The van der Waals surface area contributed by atoms with Crippen molar-refractivity contribution in [1.82, 2.24) is 15.3 Å². The molecule has 166 valence electrons. The molecule has 8 heteroatoms. The van der Waals surface area contributed by atoms with Crippen molar-refractivity contribution in [2.24, 2.45) is 10.8 Å². The Hall–Kier alpha value is -3.13. The molecule has 1 aliphatic rings. The van der Waals surface area contributed by atoms with E-state index in [1.165, 1.54) is 17.7 Å². The van der Waals surface area contributed by atoms with E-state index in [4.69, 9.17) is 21.9 Å². The summed E-state index contributed by atoms with van der Waals surface area (Å²) >= 11 is 0. The second-order valence-electron chi connectivity index (χ2n) is 7.84. The van der Waals surface area contributed by atoms with Gasteiger partial charge in [0.25, 0.3) is 0 Å². The van der Waals surface area contributed by atoms with E-state index in [2.05, 4.69) is 26.8 Å². The van der Waals surface area contributed by atoms with Crippen LogP contribution in [0.4, 0.5) is 11.4 Å². The van der Waals surface area contributed by atoms with Crippen LogP contribution < -0.4 is 22.2 Å². The number of fused-ring (bicyclic) bond motifs is 1. The van der Waals surface area contributed by atoms with Crippen LogP contribution in [0.3, 0.4) is 0 Å². The van der Waals surface area contributed by atoms with Gasteiger partial charge >= 0.3 is 0 Å². The predicted octanol–water partition coefficient (Wildman–Crippen LogP) is 3.09. The minimum Gasteiger partial charge on any atom is -0.397 e. The highest BCUT2D eigenvalue weighted by Gasteiger charge is 2.26. The third-order valence-electron chi connectivity index (χ3n) is 5.59. The lowest BCUT2D eigenvalue weighted by atomic mass is 9.90. The zero-order valence-electron chi connectivity index (χ0n) is 18.1. The maximum absolute atomic E-state index is 7.11. The van der Waals surface area contributed by atoms with E-state index in [-0.39, 0.29) is 5.96 Å². The lowest BCUT2D eigenvalue weighted by Gasteiger charge is -2.35. The first kappa shape index (κ1) is 22.6. The molecule has 8 nitrogen and oxygen atoms in total. The molecule has 0 saturated carbocycles. The van der Waals surface area contributed by atoms with Crippen molar-refractivity contribution in [2.45, 2.75) is 44.6 Å². The summed E-state index contributed by atoms with van der Waals surface area (Å²) in [6, 6.07) is 12.5. The molecule has 0 saturated heterocycles. The minimum atomic E-state index is -0.141. The molecule has 0 amide bonds. The monoisotopic (exact) mass is 422 g/mol. The van der Waals surface area contributed by atoms with Crippen molar-refractivity contribution >= 4 is 23.5 Å². The number of nitrogens with zero attached hydrogens (tertiary/aromatic N) is 3. The van der Waals surface area contributed by atoms with Crippen LogP contribution in [0.25, 0.3) is 0 Å². The highest BCUT2D eigenvalue weighted by atomic mass is 15.3. The number of nitrogens with one attached hydrogen (secondary N) is 3. The second-order valence-corrected chi connectivity index (χ2v) is 7.84. The molecule has 1 atom stereocenters. The van der Waals surface area contributed by atoms with Gasteiger partial charge in [-0.2, -0.15) is 5.10 Å². The van der Waals surface area contributed by atoms with Crippen LogP contribution in [0.2, 0.25) is 0 Å². The average Bonchev–Trinajstić information content (AvgIpc) is 2.78. The Kier molecular flexibility index (Phi) is 8.66. The molecule has 1 unspecified atom stereocenters. The van der Waals surface area contributed by atoms with Gasteiger partial charge in [-0.1, -0.05) is 18.2 Å². The Balaban J connectivity index is 1.58. The average molecular weight is 423 g/mol. The molecule has 7 N–H and O–H groups in total. The molecular weight excluding hydrogens is 388 g/mol. The maximum atomic E-state index is 7.11. The van der Waals surface area contributed by atoms with E-state index in [9.17, 15) is 0 Å². The maximum Gasteiger partial charge on any atom is 0.206 e. The van der Waals surface area contributed by atoms with E-state index in [1.807, 2.05) is 36.5 Å². The molecule has 0 bridgehead atoms. The van der Waals surface area contributed by atoms with Crippen molar-refractivity contribution in [3.63, 3.8) is 0 Å². The first-order valence-corrected chi connectivity index (χ1v) is 11.0. The topological polar surface area (TPSA) is 128 Å². The summed E-state index contributed by atoms with van der Waals surface area (Å²) < 4.78 is 0. The van der Waals surface area contributed by atoms with Gasteiger partial charge in [-0.15, -0.1) is 0 Å². The Labute approximate surface area is 184 Å². The van der Waals surface area contributed by atoms with Crippen LogP contribution in [-0.2, 0) is 6.42 Å². The summed E-state index contributed by atoms with van der Waals surface area (Å²) in [6.07, 6.45) is 10.1. The predicted molar refractivity (Wildman–Crippen MR) is 128 cm³/mol. The number of rotatable bonds is 11. The normalized spacial score (nSPS) is 15.7. The van der Waals surface area contributed by atoms with Gasteiger partial charge < -0.3 is 16.8 Å². The largest absolute Gasteiger partial charge is 0.397 e. The first-order chi connectivity index (χ1) is 15.1. The second kappa shape index (κ2) is 11.9. The quantitative estimate of drug-likeness (QED) is 0.124. The molecule has 0 spiro atoms. The Morgan fingerprint density at radius 1 is 1.23 bits per heavy atom. The van der Waals surface area contributed by atoms with E-state index in [0.717, 1.165) is 63.1 Å². The van der Waals surface area contributed by atoms with Crippen LogP contribution in [0.5, 0.6) is 0 Å². The van der Waals surface area contributed by atoms with Gasteiger partial charge in [0.15, 0.2) is 0 Å². The third kappa shape index (κ3) is 6.96. The van der Waals surface area contributed by atoms with Gasteiger partial charge in [0, 0.05) is 25.5 Å². The van der Waals surface area contributed by atoms with Gasteiger partial charge in [-0.3, -0.25) is 15.3 Å². The summed E-state index contributed by atoms with van der Waals surface area (Å²) in [4.78, 5) is 7.30. The van der Waals surface area contributed by atoms with E-state index >= 15 is 0 Å². The summed E-state index contributed by atoms with van der Waals surface area (Å²) in [5, 5.41) is 14.5. The number of para-hydroxylation sites is 2. The number of guanidine groups is 1. The standard InChI is InChI=1S/C23H34N8/c24-19-10-2-3-11-20(19)27-15-17-31(16-5-1-4-14-29-30-23(25)26)21-12-6-8-18-9-7-13-28-22(18)21/h2-3,7,9-11,13-14,21,27H,1,4-6,8,12,15-17,24H2,(H4,25,26,30)/b29-14+. The molecule has 0 aliphatic heterocycles. The highest BCUT2D eigenvalue weighted by Crippen LogP contribution is 2.32. The molecule has 1 heterocycles. The molecule has 31 heavy (non-hydrogen) atoms. The van der Waals surface area contributed by atoms with Crippen LogP contribution in [0.15, 0.2) is 47.7 Å². The van der Waals surface area contributed by atoms with Crippen LogP contribution in [0, 0.1) is 5.41 Å². The number of aromatic nitrogens is 1. The van der Waals surface area contributed by atoms with Gasteiger partial charge in [0.1, 0.15) is 0 Å². The summed E-state index contributed by atoms with van der Waals surface area (Å²) in [6.45, 7) is 2.76. The Morgan fingerprint density at radius 2 is 2.10 bits per heavy atom. The molecule has 1 aromatic heterocycles. The van der Waals surface area contributed by atoms with Crippen molar-refractivity contribution in [3.05, 3.63) is 53.9 Å². The fourth-order valence-electron chi connectivity index (χ4n) is 4.09. The number of unbranched alkanes of at least 4 members (excludes halogenated alkanes) is 2. The van der Waals surface area contributed by atoms with Crippen LogP contribution >= 0.6 is 0 Å². The first-order valence-electron chi connectivity index (χ1n) is 11.0. The number of nitrogen functional groups attached to an aromatic ring is 1. The summed E-state index contributed by atoms with van der Waals surface area (Å²) in [7, 11) is 0. The number of hydrogen-bond acceptors (Lipinski definition) is 6. The zero-order chi connectivity index (χ0) is 21.9. The molecule has 3 rings (SSSR count). The van der Waals surface area contributed by atoms with Gasteiger partial charge in [-0.05, 0) is 68.8 Å². The van der Waals surface area contributed by atoms with E-state index in [0.29, 0.717) is 6.04 Å². The van der Waals surface area contributed by atoms with Crippen molar-refractivity contribution in [3.8, 4) is 0 Å². The Bertz CT molecular complexity index is 866. The SMILES string of the molecule is N=C(N)N/N=C/CCCCN(CCNc1ccccc1N)C1CCCc2cccnc21. The van der Waals surface area contributed by atoms with Gasteiger partial charge in [-0.25, -0.2) is 5.43 Å². The zero-order valence-corrected chi connectivity index (χ0v) is 18.1. The van der Waals surface area contributed by atoms with Crippen molar-refractivity contribution in [2.75, 3.05) is 30.7 Å². The lowest BCUT2D eigenvalue weighted by Crippen LogP contribution is -2.36. The molecule has 1 aliphatic carbocycles.